The molecule has 222 valence electrons. The number of morpholine rings is 1. The van der Waals surface area contributed by atoms with E-state index in [2.05, 4.69) is 28.5 Å². The van der Waals surface area contributed by atoms with E-state index < -0.39 is 12.7 Å². The summed E-state index contributed by atoms with van der Waals surface area (Å²) in [5.74, 6) is 6.79. The fourth-order valence-corrected chi connectivity index (χ4v) is 4.00. The topological polar surface area (TPSA) is 137 Å². The Labute approximate surface area is 241 Å². The summed E-state index contributed by atoms with van der Waals surface area (Å²) in [4.78, 5) is 14.1. The number of ether oxygens (including phenoxy) is 5. The third kappa shape index (κ3) is 9.44. The molecule has 3 rings (SSSR count). The van der Waals surface area contributed by atoms with E-state index >= 15 is 0 Å². The van der Waals surface area contributed by atoms with Crippen LogP contribution in [0.15, 0.2) is 66.8 Å². The number of rotatable bonds is 16. The highest BCUT2D eigenvalue weighted by Crippen LogP contribution is 2.37. The molecule has 0 saturated carbocycles. The number of nitrogens with one attached hydrogen (secondary N) is 1. The van der Waals surface area contributed by atoms with E-state index in [9.17, 15) is 9.90 Å². The number of amidine groups is 1. The fraction of sp³-hybridized carbons (Fsp3) is 0.400. The molecule has 2 aromatic carbocycles. The van der Waals surface area contributed by atoms with Gasteiger partial charge in [0.25, 0.3) is 0 Å². The maximum absolute atomic E-state index is 11.9. The third-order valence-electron chi connectivity index (χ3n) is 6.03. The number of anilines is 2. The normalized spacial score (nSPS) is 14.1. The molecule has 1 aliphatic rings. The summed E-state index contributed by atoms with van der Waals surface area (Å²) >= 11 is 0. The number of aliphatic hydroxyl groups is 1. The van der Waals surface area contributed by atoms with Crippen LogP contribution in [0.2, 0.25) is 0 Å². The minimum Gasteiger partial charge on any atom is -0.489 e. The largest absolute Gasteiger partial charge is 0.489 e. The molecule has 11 nitrogen and oxygen atoms in total. The molecule has 2 aromatic rings. The van der Waals surface area contributed by atoms with Crippen LogP contribution in [0.3, 0.4) is 0 Å². The van der Waals surface area contributed by atoms with Crippen molar-refractivity contribution in [2.24, 2.45) is 10.9 Å². The van der Waals surface area contributed by atoms with Crippen molar-refractivity contribution in [3.8, 4) is 17.2 Å². The predicted octanol–water partition coefficient (Wildman–Crippen LogP) is 3.47. The second kappa shape index (κ2) is 16.8. The summed E-state index contributed by atoms with van der Waals surface area (Å²) in [6, 6.07) is 11.2. The highest BCUT2D eigenvalue weighted by atomic mass is 16.6. The van der Waals surface area contributed by atoms with Crippen molar-refractivity contribution in [3.63, 3.8) is 0 Å². The van der Waals surface area contributed by atoms with Gasteiger partial charge in [0.05, 0.1) is 25.4 Å². The Morgan fingerprint density at radius 3 is 2.41 bits per heavy atom. The number of benzene rings is 2. The van der Waals surface area contributed by atoms with Crippen molar-refractivity contribution in [1.82, 2.24) is 0 Å². The van der Waals surface area contributed by atoms with Gasteiger partial charge in [0.1, 0.15) is 25.6 Å². The summed E-state index contributed by atoms with van der Waals surface area (Å²) < 4.78 is 28.5. The lowest BCUT2D eigenvalue weighted by atomic mass is 10.1. The van der Waals surface area contributed by atoms with Crippen molar-refractivity contribution in [2.75, 3.05) is 62.9 Å². The number of carbonyl (C=O) groups is 1. The zero-order valence-electron chi connectivity index (χ0n) is 23.5. The Balaban J connectivity index is 1.90. The Bertz CT molecular complexity index is 1160. The van der Waals surface area contributed by atoms with Crippen LogP contribution in [-0.2, 0) is 14.3 Å². The van der Waals surface area contributed by atoms with Gasteiger partial charge in [-0.1, -0.05) is 32.2 Å². The van der Waals surface area contributed by atoms with Crippen molar-refractivity contribution in [3.05, 3.63) is 67.3 Å². The van der Waals surface area contributed by atoms with E-state index in [-0.39, 0.29) is 38.0 Å². The highest BCUT2D eigenvalue weighted by Gasteiger charge is 2.22. The molecular weight excluding hydrogens is 528 g/mol. The first-order valence-corrected chi connectivity index (χ1v) is 13.6. The molecule has 0 spiro atoms. The number of nitrogens with zero attached hydrogens (tertiary/aromatic N) is 2. The Hall–Kier alpha value is -4.22. The van der Waals surface area contributed by atoms with Gasteiger partial charge in [0.15, 0.2) is 23.4 Å². The molecule has 0 aromatic heterocycles. The molecule has 41 heavy (non-hydrogen) atoms. The second-order valence-electron chi connectivity index (χ2n) is 9.10. The molecular formula is C30H40N4O7. The molecule has 4 N–H and O–H groups in total. The van der Waals surface area contributed by atoms with Crippen LogP contribution in [0.1, 0.15) is 25.3 Å². The smallest absolute Gasteiger partial charge is 0.305 e. The van der Waals surface area contributed by atoms with Crippen LogP contribution >= 0.6 is 0 Å². The van der Waals surface area contributed by atoms with Gasteiger partial charge >= 0.3 is 5.97 Å². The van der Waals surface area contributed by atoms with E-state index in [1.54, 1.807) is 24.3 Å². The van der Waals surface area contributed by atoms with Gasteiger partial charge in [-0.2, -0.15) is 5.10 Å². The molecule has 1 unspecified atom stereocenters. The molecule has 1 fully saturated rings. The number of esters is 1. The monoisotopic (exact) mass is 568 g/mol. The maximum Gasteiger partial charge on any atom is 0.305 e. The number of hydrogen-bond acceptors (Lipinski definition) is 10. The van der Waals surface area contributed by atoms with E-state index in [0.717, 1.165) is 24.5 Å². The molecule has 0 amide bonds. The van der Waals surface area contributed by atoms with E-state index in [4.69, 9.17) is 29.5 Å². The number of nitrogens with two attached hydrogens (primary N) is 1. The lowest BCUT2D eigenvalue weighted by Gasteiger charge is -2.29. The molecule has 0 radical (unpaired) electrons. The van der Waals surface area contributed by atoms with E-state index in [1.165, 1.54) is 0 Å². The molecule has 0 bridgehead atoms. The lowest BCUT2D eigenvalue weighted by molar-refractivity contribution is -0.146. The Morgan fingerprint density at radius 1 is 1.12 bits per heavy atom. The molecule has 11 heteroatoms. The molecule has 1 aliphatic heterocycles. The van der Waals surface area contributed by atoms with Crippen molar-refractivity contribution < 1.29 is 33.6 Å². The van der Waals surface area contributed by atoms with E-state index in [1.807, 2.05) is 31.2 Å². The van der Waals surface area contributed by atoms with Gasteiger partial charge < -0.3 is 44.9 Å². The average molecular weight is 569 g/mol. The zero-order valence-corrected chi connectivity index (χ0v) is 23.5. The first-order chi connectivity index (χ1) is 20.0. The SMILES string of the molecule is C=CCOc1cc(OCC=C)c(C(=NN)Nc2ccc(N3CCOCC3)cc2)cc1OC(CO)COC(=O)CCC. The van der Waals surface area contributed by atoms with Crippen LogP contribution in [0.5, 0.6) is 17.2 Å². The summed E-state index contributed by atoms with van der Waals surface area (Å²) in [5, 5.41) is 17.2. The predicted molar refractivity (Wildman–Crippen MR) is 159 cm³/mol. The molecule has 0 aliphatic carbocycles. The molecule has 1 saturated heterocycles. The Kier molecular flexibility index (Phi) is 12.8. The number of aliphatic hydroxyl groups excluding tert-OH is 1. The van der Waals surface area contributed by atoms with E-state index in [0.29, 0.717) is 42.5 Å². The van der Waals surface area contributed by atoms with Gasteiger partial charge in [0, 0.05) is 37.0 Å². The highest BCUT2D eigenvalue weighted by molar-refractivity contribution is 6.10. The minimum absolute atomic E-state index is 0.133. The summed E-state index contributed by atoms with van der Waals surface area (Å²) in [6.45, 7) is 12.3. The summed E-state index contributed by atoms with van der Waals surface area (Å²) in [6.07, 6.45) is 3.30. The fourth-order valence-electron chi connectivity index (χ4n) is 4.00. The van der Waals surface area contributed by atoms with Gasteiger partial charge in [-0.25, -0.2) is 0 Å². The molecule has 1 heterocycles. The standard InChI is InChI=1S/C30H40N4O7/c1-4-7-29(36)40-21-24(20-35)41-28-18-25(26(38-14-5-2)19-27(28)39-15-6-3)30(33-31)32-22-8-10-23(11-9-22)34-12-16-37-17-13-34/h5-6,8-11,18-19,24,35H,2-4,7,12-17,20-21,31H2,1H3,(H,32,33). The van der Waals surface area contributed by atoms with Crippen LogP contribution in [0.4, 0.5) is 11.4 Å². The third-order valence-corrected chi connectivity index (χ3v) is 6.03. The van der Waals surface area contributed by atoms with Crippen LogP contribution < -0.4 is 30.3 Å². The minimum atomic E-state index is -0.839. The van der Waals surface area contributed by atoms with Crippen LogP contribution in [0.25, 0.3) is 0 Å². The Morgan fingerprint density at radius 2 is 1.80 bits per heavy atom. The average Bonchev–Trinajstić information content (AvgIpc) is 3.01. The lowest BCUT2D eigenvalue weighted by Crippen LogP contribution is -2.36. The van der Waals surface area contributed by atoms with Gasteiger partial charge in [-0.05, 0) is 36.8 Å². The number of hydrazone groups is 1. The van der Waals surface area contributed by atoms with Crippen molar-refractivity contribution >= 4 is 23.2 Å². The van der Waals surface area contributed by atoms with Gasteiger partial charge in [-0.15, -0.1) is 0 Å². The zero-order chi connectivity index (χ0) is 29.5. The summed E-state index contributed by atoms with van der Waals surface area (Å²) in [5.41, 5.74) is 2.33. The van der Waals surface area contributed by atoms with Gasteiger partial charge in [0.2, 0.25) is 0 Å². The van der Waals surface area contributed by atoms with Crippen molar-refractivity contribution in [2.45, 2.75) is 25.9 Å². The van der Waals surface area contributed by atoms with Crippen molar-refractivity contribution in [1.29, 1.82) is 0 Å². The first-order valence-electron chi connectivity index (χ1n) is 13.6. The number of carbonyl (C=O) groups excluding carboxylic acids is 1. The second-order valence-corrected chi connectivity index (χ2v) is 9.10. The van der Waals surface area contributed by atoms with Crippen LogP contribution in [0, 0.1) is 0 Å². The van der Waals surface area contributed by atoms with Crippen LogP contribution in [-0.4, -0.2) is 75.7 Å². The summed E-state index contributed by atoms with van der Waals surface area (Å²) in [7, 11) is 0. The number of hydrogen-bond donors (Lipinski definition) is 3. The molecule has 1 atom stereocenters. The maximum atomic E-state index is 11.9. The first kappa shape index (κ1) is 31.3. The van der Waals surface area contributed by atoms with Gasteiger partial charge in [-0.3, -0.25) is 4.79 Å². The quantitative estimate of drug-likeness (QED) is 0.0689.